The summed E-state index contributed by atoms with van der Waals surface area (Å²) in [6.07, 6.45) is 3.29. The number of benzene rings is 1. The highest BCUT2D eigenvalue weighted by Gasteiger charge is 2.12. The Kier molecular flexibility index (Phi) is 4.72. The van der Waals surface area contributed by atoms with Crippen molar-refractivity contribution in [2.45, 2.75) is 20.6 Å². The van der Waals surface area contributed by atoms with Crippen molar-refractivity contribution in [1.29, 1.82) is 0 Å². The Labute approximate surface area is 139 Å². The van der Waals surface area contributed by atoms with E-state index in [-0.39, 0.29) is 5.91 Å². The van der Waals surface area contributed by atoms with E-state index < -0.39 is 0 Å². The number of aromatic amines is 1. The van der Waals surface area contributed by atoms with Crippen molar-refractivity contribution in [2.24, 2.45) is 0 Å². The monoisotopic (exact) mass is 325 g/mol. The van der Waals surface area contributed by atoms with Crippen LogP contribution < -0.4 is 5.32 Å². The molecular formula is C17H19N5O2. The molecule has 7 heteroatoms. The number of anilines is 1. The predicted molar refractivity (Wildman–Crippen MR) is 90.6 cm³/mol. The predicted octanol–water partition coefficient (Wildman–Crippen LogP) is 2.83. The molecule has 3 rings (SSSR count). The lowest BCUT2D eigenvalue weighted by molar-refractivity contribution is 0.0792. The van der Waals surface area contributed by atoms with Gasteiger partial charge in [0, 0.05) is 12.2 Å². The molecule has 0 spiro atoms. The minimum atomic E-state index is -0.267. The molecule has 0 aliphatic carbocycles. The van der Waals surface area contributed by atoms with E-state index in [0.29, 0.717) is 24.7 Å². The zero-order chi connectivity index (χ0) is 16.9. The van der Waals surface area contributed by atoms with Crippen LogP contribution in [0.15, 0.2) is 42.7 Å². The number of H-pyrrole nitrogens is 1. The Morgan fingerprint density at radius 1 is 1.33 bits per heavy atom. The van der Waals surface area contributed by atoms with Crippen LogP contribution in [0.25, 0.3) is 11.3 Å². The molecule has 0 aliphatic rings. The number of nitrogens with one attached hydrogen (secondary N) is 2. The quantitative estimate of drug-likeness (QED) is 0.730. The SMILES string of the molecule is CCOCn1cc(NC(=O)c2cc(-c3ccc(C)cc3)n[nH]2)cn1. The van der Waals surface area contributed by atoms with Gasteiger partial charge in [-0.2, -0.15) is 10.2 Å². The van der Waals surface area contributed by atoms with E-state index in [4.69, 9.17) is 4.74 Å². The summed E-state index contributed by atoms with van der Waals surface area (Å²) in [6, 6.07) is 9.70. The summed E-state index contributed by atoms with van der Waals surface area (Å²) >= 11 is 0. The van der Waals surface area contributed by atoms with Crippen LogP contribution in [0.1, 0.15) is 23.0 Å². The van der Waals surface area contributed by atoms with Crippen molar-refractivity contribution in [3.63, 3.8) is 0 Å². The summed E-state index contributed by atoms with van der Waals surface area (Å²) in [4.78, 5) is 12.3. The van der Waals surface area contributed by atoms with E-state index in [2.05, 4.69) is 20.6 Å². The summed E-state index contributed by atoms with van der Waals surface area (Å²) in [5.74, 6) is -0.267. The van der Waals surface area contributed by atoms with Crippen LogP contribution >= 0.6 is 0 Å². The first-order valence-corrected chi connectivity index (χ1v) is 7.69. The molecule has 0 fully saturated rings. The Morgan fingerprint density at radius 2 is 2.12 bits per heavy atom. The van der Waals surface area contributed by atoms with Crippen molar-refractivity contribution in [3.05, 3.63) is 54.0 Å². The molecule has 2 heterocycles. The lowest BCUT2D eigenvalue weighted by atomic mass is 10.1. The molecule has 0 aliphatic heterocycles. The molecule has 0 atom stereocenters. The zero-order valence-corrected chi connectivity index (χ0v) is 13.6. The summed E-state index contributed by atoms with van der Waals surface area (Å²) in [5.41, 5.74) is 3.86. The van der Waals surface area contributed by atoms with Gasteiger partial charge in [0.15, 0.2) is 0 Å². The number of amides is 1. The Hall–Kier alpha value is -2.93. The van der Waals surface area contributed by atoms with Gasteiger partial charge in [0.2, 0.25) is 0 Å². The standard InChI is InChI=1S/C17H19N5O2/c1-3-24-11-22-10-14(9-18-22)19-17(23)16-8-15(20-21-16)13-6-4-12(2)5-7-13/h4-10H,3,11H2,1-2H3,(H,19,23)(H,20,21). The lowest BCUT2D eigenvalue weighted by Crippen LogP contribution is -2.12. The fraction of sp³-hybridized carbons (Fsp3) is 0.235. The van der Waals surface area contributed by atoms with E-state index in [1.807, 2.05) is 38.1 Å². The minimum Gasteiger partial charge on any atom is -0.360 e. The Balaban J connectivity index is 1.67. The summed E-state index contributed by atoms with van der Waals surface area (Å²) in [6.45, 7) is 4.90. The first-order chi connectivity index (χ1) is 11.7. The van der Waals surface area contributed by atoms with Gasteiger partial charge in [0.25, 0.3) is 5.91 Å². The van der Waals surface area contributed by atoms with E-state index in [9.17, 15) is 4.79 Å². The fourth-order valence-corrected chi connectivity index (χ4v) is 2.19. The average molecular weight is 325 g/mol. The maximum Gasteiger partial charge on any atom is 0.273 e. The maximum atomic E-state index is 12.3. The van der Waals surface area contributed by atoms with E-state index >= 15 is 0 Å². The van der Waals surface area contributed by atoms with Crippen LogP contribution in [0.2, 0.25) is 0 Å². The van der Waals surface area contributed by atoms with Gasteiger partial charge in [0.1, 0.15) is 12.4 Å². The second-order valence-electron chi connectivity index (χ2n) is 5.38. The van der Waals surface area contributed by atoms with Gasteiger partial charge in [-0.15, -0.1) is 0 Å². The van der Waals surface area contributed by atoms with Crippen LogP contribution in [0.3, 0.4) is 0 Å². The molecule has 2 aromatic heterocycles. The molecule has 124 valence electrons. The molecular weight excluding hydrogens is 306 g/mol. The van der Waals surface area contributed by atoms with Crippen LogP contribution in [-0.2, 0) is 11.5 Å². The van der Waals surface area contributed by atoms with Crippen LogP contribution in [0.4, 0.5) is 5.69 Å². The first kappa shape index (κ1) is 15.9. The third-order valence-corrected chi connectivity index (χ3v) is 3.49. The number of hydrogen-bond acceptors (Lipinski definition) is 4. The van der Waals surface area contributed by atoms with Crippen molar-refractivity contribution in [3.8, 4) is 11.3 Å². The highest BCUT2D eigenvalue weighted by Crippen LogP contribution is 2.18. The summed E-state index contributed by atoms with van der Waals surface area (Å²) in [7, 11) is 0. The van der Waals surface area contributed by atoms with E-state index in [1.54, 1.807) is 23.1 Å². The third-order valence-electron chi connectivity index (χ3n) is 3.49. The normalized spacial score (nSPS) is 10.8. The van der Waals surface area contributed by atoms with Gasteiger partial charge in [-0.25, -0.2) is 4.68 Å². The largest absolute Gasteiger partial charge is 0.360 e. The average Bonchev–Trinajstić information content (AvgIpc) is 3.23. The molecule has 0 bridgehead atoms. The number of carbonyl (C=O) groups excluding carboxylic acids is 1. The zero-order valence-electron chi connectivity index (χ0n) is 13.6. The number of aryl methyl sites for hydroxylation is 1. The number of rotatable bonds is 6. The van der Waals surface area contributed by atoms with Crippen molar-refractivity contribution >= 4 is 11.6 Å². The van der Waals surface area contributed by atoms with Crippen molar-refractivity contribution in [1.82, 2.24) is 20.0 Å². The molecule has 2 N–H and O–H groups in total. The summed E-state index contributed by atoms with van der Waals surface area (Å²) < 4.78 is 6.87. The van der Waals surface area contributed by atoms with Crippen molar-refractivity contribution < 1.29 is 9.53 Å². The van der Waals surface area contributed by atoms with Crippen LogP contribution in [-0.4, -0.2) is 32.5 Å². The minimum absolute atomic E-state index is 0.267. The number of carbonyl (C=O) groups is 1. The van der Waals surface area contributed by atoms with Gasteiger partial charge in [-0.05, 0) is 19.9 Å². The summed E-state index contributed by atoms with van der Waals surface area (Å²) in [5, 5.41) is 13.9. The number of ether oxygens (including phenoxy) is 1. The fourth-order valence-electron chi connectivity index (χ4n) is 2.19. The van der Waals surface area contributed by atoms with Crippen LogP contribution in [0.5, 0.6) is 0 Å². The molecule has 3 aromatic rings. The molecule has 24 heavy (non-hydrogen) atoms. The second-order valence-corrected chi connectivity index (χ2v) is 5.38. The number of nitrogens with zero attached hydrogens (tertiary/aromatic N) is 3. The van der Waals surface area contributed by atoms with Gasteiger partial charge < -0.3 is 10.1 Å². The van der Waals surface area contributed by atoms with Gasteiger partial charge in [0.05, 0.1) is 23.8 Å². The van der Waals surface area contributed by atoms with Gasteiger partial charge in [-0.3, -0.25) is 9.89 Å². The number of hydrogen-bond donors (Lipinski definition) is 2. The third kappa shape index (κ3) is 3.69. The Morgan fingerprint density at radius 3 is 2.88 bits per heavy atom. The Bertz CT molecular complexity index is 820. The van der Waals surface area contributed by atoms with E-state index in [1.165, 1.54) is 5.56 Å². The highest BCUT2D eigenvalue weighted by molar-refractivity contribution is 6.03. The maximum absolute atomic E-state index is 12.3. The lowest BCUT2D eigenvalue weighted by Gasteiger charge is -2.00. The molecule has 1 amide bonds. The molecule has 0 saturated carbocycles. The first-order valence-electron chi connectivity index (χ1n) is 7.69. The second kappa shape index (κ2) is 7.10. The molecule has 0 radical (unpaired) electrons. The molecule has 0 saturated heterocycles. The molecule has 0 unspecified atom stereocenters. The van der Waals surface area contributed by atoms with Gasteiger partial charge in [-0.1, -0.05) is 29.8 Å². The van der Waals surface area contributed by atoms with Crippen LogP contribution in [0, 0.1) is 6.92 Å². The smallest absolute Gasteiger partial charge is 0.273 e. The molecule has 1 aromatic carbocycles. The van der Waals surface area contributed by atoms with E-state index in [0.717, 1.165) is 11.3 Å². The highest BCUT2D eigenvalue weighted by atomic mass is 16.5. The number of aromatic nitrogens is 4. The van der Waals surface area contributed by atoms with Crippen molar-refractivity contribution in [2.75, 3.05) is 11.9 Å². The molecule has 7 nitrogen and oxygen atoms in total. The van der Waals surface area contributed by atoms with Gasteiger partial charge >= 0.3 is 0 Å². The topological polar surface area (TPSA) is 84.8 Å².